The number of nitrogens with zero attached hydrogens (tertiary/aromatic N) is 1. The van der Waals surface area contributed by atoms with Crippen molar-refractivity contribution in [1.82, 2.24) is 19.7 Å². The second-order valence-electron chi connectivity index (χ2n) is 2.36. The molecule has 2 aromatic heterocycles. The lowest BCUT2D eigenvalue weighted by Crippen LogP contribution is -2.31. The molecule has 0 aliphatic heterocycles. The Kier molecular flexibility index (Phi) is 1.21. The van der Waals surface area contributed by atoms with Crippen molar-refractivity contribution in [2.75, 3.05) is 0 Å². The van der Waals surface area contributed by atoms with Gasteiger partial charge < -0.3 is 5.21 Å². The number of aromatic amines is 3. The molecule has 2 aromatic rings. The Morgan fingerprint density at radius 3 is 2.46 bits per heavy atom. The summed E-state index contributed by atoms with van der Waals surface area (Å²) in [6, 6.07) is 0. The van der Waals surface area contributed by atoms with Crippen LogP contribution in [0.2, 0.25) is 0 Å². The van der Waals surface area contributed by atoms with E-state index in [1.165, 1.54) is 0 Å². The zero-order valence-electron chi connectivity index (χ0n) is 6.08. The number of aromatic nitrogens is 4. The molecule has 0 aliphatic carbocycles. The van der Waals surface area contributed by atoms with Gasteiger partial charge in [-0.25, -0.2) is 9.59 Å². The highest BCUT2D eigenvalue weighted by molar-refractivity contribution is 5.67. The van der Waals surface area contributed by atoms with Gasteiger partial charge in [-0.15, -0.1) is 0 Å². The molecule has 8 nitrogen and oxygen atoms in total. The van der Waals surface area contributed by atoms with Crippen molar-refractivity contribution >= 4 is 11.2 Å². The zero-order valence-corrected chi connectivity index (χ0v) is 6.08. The van der Waals surface area contributed by atoms with Crippen LogP contribution in [0.5, 0.6) is 0 Å². The summed E-state index contributed by atoms with van der Waals surface area (Å²) in [7, 11) is 0. The van der Waals surface area contributed by atoms with E-state index in [2.05, 4.69) is 9.97 Å². The first-order valence-corrected chi connectivity index (χ1v) is 3.24. The topological polar surface area (TPSA) is 127 Å². The summed E-state index contributed by atoms with van der Waals surface area (Å²) < 4.78 is -0.369. The molecule has 2 rings (SSSR count). The maximum atomic E-state index is 11.0. The van der Waals surface area contributed by atoms with Gasteiger partial charge in [0.15, 0.2) is 0 Å². The van der Waals surface area contributed by atoms with Crippen molar-refractivity contribution in [2.24, 2.45) is 0 Å². The van der Waals surface area contributed by atoms with Crippen molar-refractivity contribution in [3.63, 3.8) is 0 Å². The number of rotatable bonds is 0. The van der Waals surface area contributed by atoms with E-state index >= 15 is 0 Å². The smallest absolute Gasteiger partial charge is 0.325 e. The maximum absolute atomic E-state index is 11.0. The molecule has 0 aliphatic rings. The highest BCUT2D eigenvalue weighted by atomic mass is 16.5. The molecule has 0 saturated heterocycles. The van der Waals surface area contributed by atoms with Gasteiger partial charge in [-0.05, 0) is 0 Å². The van der Waals surface area contributed by atoms with Crippen molar-refractivity contribution in [2.45, 2.75) is 0 Å². The predicted molar refractivity (Wildman–Crippen MR) is 42.6 cm³/mol. The van der Waals surface area contributed by atoms with E-state index in [4.69, 9.17) is 0 Å². The van der Waals surface area contributed by atoms with Gasteiger partial charge in [0.2, 0.25) is 0 Å². The molecule has 8 heteroatoms. The fraction of sp³-hybridized carbons (Fsp3) is 0. The fourth-order valence-electron chi connectivity index (χ4n) is 0.989. The molecule has 0 radical (unpaired) electrons. The van der Waals surface area contributed by atoms with Crippen molar-refractivity contribution < 1.29 is 0 Å². The monoisotopic (exact) mass is 183 g/mol. The van der Waals surface area contributed by atoms with Gasteiger partial charge in [0, 0.05) is 0 Å². The highest BCUT2D eigenvalue weighted by Crippen LogP contribution is 1.90. The van der Waals surface area contributed by atoms with Crippen LogP contribution in [0.4, 0.5) is 0 Å². The number of H-pyrrole nitrogens is 3. The molecule has 0 saturated carbocycles. The summed E-state index contributed by atoms with van der Waals surface area (Å²) in [4.78, 5) is 38.7. The van der Waals surface area contributed by atoms with Crippen LogP contribution in [-0.2, 0) is 0 Å². The normalized spacial score (nSPS) is 10.8. The Hall–Kier alpha value is -2.25. The van der Waals surface area contributed by atoms with E-state index in [-0.39, 0.29) is 15.9 Å². The molecule has 0 unspecified atom stereocenters. The lowest BCUT2D eigenvalue weighted by molar-refractivity contribution is 0.903. The molecule has 0 aromatic carbocycles. The second-order valence-corrected chi connectivity index (χ2v) is 2.36. The van der Waals surface area contributed by atoms with Gasteiger partial charge in [0.05, 0.1) is 0 Å². The Balaban J connectivity index is 3.19. The molecule has 0 atom stereocenters. The van der Waals surface area contributed by atoms with Gasteiger partial charge in [0.25, 0.3) is 5.56 Å². The van der Waals surface area contributed by atoms with Crippen molar-refractivity contribution in [3.8, 4) is 0 Å². The van der Waals surface area contributed by atoms with E-state index in [9.17, 15) is 19.6 Å². The highest BCUT2D eigenvalue weighted by Gasteiger charge is 2.04. The van der Waals surface area contributed by atoms with Crippen molar-refractivity contribution in [3.05, 3.63) is 36.5 Å². The largest absolute Gasteiger partial charge is 0.800 e. The molecular weight excluding hydrogens is 180 g/mol. The van der Waals surface area contributed by atoms with E-state index < -0.39 is 16.9 Å². The zero-order chi connectivity index (χ0) is 9.59. The molecule has 0 fully saturated rings. The van der Waals surface area contributed by atoms with Crippen LogP contribution < -0.4 is 16.9 Å². The summed E-state index contributed by atoms with van der Waals surface area (Å²) in [5.41, 5.74) is -3.18. The Labute approximate surface area is 68.4 Å². The first-order chi connectivity index (χ1) is 6.09. The number of hydrogen-bond donors (Lipinski definition) is 3. The summed E-state index contributed by atoms with van der Waals surface area (Å²) in [5, 5.41) is 10.7. The van der Waals surface area contributed by atoms with Crippen LogP contribution in [0.15, 0.2) is 14.4 Å². The summed E-state index contributed by atoms with van der Waals surface area (Å²) in [6.45, 7) is 0. The molecule has 13 heavy (non-hydrogen) atoms. The van der Waals surface area contributed by atoms with Crippen LogP contribution in [0.1, 0.15) is 0 Å². The Bertz CT molecular complexity index is 626. The molecule has 3 N–H and O–H groups in total. The molecular formula is C5H3N4O4-. The van der Waals surface area contributed by atoms with Crippen molar-refractivity contribution in [1.29, 1.82) is 0 Å². The van der Waals surface area contributed by atoms with Crippen LogP contribution in [-0.4, -0.2) is 19.7 Å². The average molecular weight is 183 g/mol. The lowest BCUT2D eigenvalue weighted by Gasteiger charge is -2.04. The van der Waals surface area contributed by atoms with Gasteiger partial charge in [-0.3, -0.25) is 24.5 Å². The predicted octanol–water partition coefficient (Wildman–Crippen LogP) is -1.95. The van der Waals surface area contributed by atoms with Gasteiger partial charge >= 0.3 is 11.4 Å². The summed E-state index contributed by atoms with van der Waals surface area (Å²) >= 11 is 0. The van der Waals surface area contributed by atoms with Crippen LogP contribution in [0.25, 0.3) is 11.2 Å². The molecule has 0 bridgehead atoms. The molecule has 68 valence electrons. The third-order valence-corrected chi connectivity index (χ3v) is 1.54. The minimum absolute atomic E-state index is 0.0768. The maximum Gasteiger partial charge on any atom is 0.325 e. The minimum atomic E-state index is -1.12. The second kappa shape index (κ2) is 2.12. The lowest BCUT2D eigenvalue weighted by atomic mass is 10.5. The molecule has 2 heterocycles. The number of nitrogens with one attached hydrogen (secondary N) is 3. The van der Waals surface area contributed by atoms with E-state index in [1.54, 1.807) is 0 Å². The van der Waals surface area contributed by atoms with Crippen LogP contribution in [0.3, 0.4) is 0 Å². The first kappa shape index (κ1) is 7.40. The average Bonchev–Trinajstić information content (AvgIpc) is 2.42. The first-order valence-electron chi connectivity index (χ1n) is 3.24. The Morgan fingerprint density at radius 2 is 1.77 bits per heavy atom. The number of hydrogen-bond acceptors (Lipinski definition) is 4. The summed E-state index contributed by atoms with van der Waals surface area (Å²) in [5.74, 6) is 0. The third kappa shape index (κ3) is 0.883. The number of imidazole rings is 1. The number of fused-ring (bicyclic) bond motifs is 1. The molecule has 0 spiro atoms. The van der Waals surface area contributed by atoms with E-state index in [1.807, 2.05) is 4.98 Å². The van der Waals surface area contributed by atoms with Gasteiger partial charge in [-0.1, -0.05) is 0 Å². The van der Waals surface area contributed by atoms with E-state index in [0.29, 0.717) is 0 Å². The molecule has 0 amide bonds. The standard InChI is InChI=1S/C5H3N4O4/c10-3-1-2(7-4(11)6-1)8-5(12)9(3)13/h(H,8,12)(H2,6,7,11)/q-1. The van der Waals surface area contributed by atoms with Gasteiger partial charge in [0.1, 0.15) is 11.2 Å². The quantitative estimate of drug-likeness (QED) is 0.438. The van der Waals surface area contributed by atoms with Gasteiger partial charge in [-0.2, -0.15) is 0 Å². The fourth-order valence-corrected chi connectivity index (χ4v) is 0.989. The minimum Gasteiger partial charge on any atom is -0.800 e. The van der Waals surface area contributed by atoms with E-state index in [0.717, 1.165) is 0 Å². The SMILES string of the molecule is O=c1[nH]c2[nH]c(=O)n([O-])c(=O)c2[nH]1. The van der Waals surface area contributed by atoms with Crippen LogP contribution in [0, 0.1) is 5.21 Å². The summed E-state index contributed by atoms with van der Waals surface area (Å²) in [6.07, 6.45) is 0. The Morgan fingerprint density at radius 1 is 1.08 bits per heavy atom. The van der Waals surface area contributed by atoms with Crippen LogP contribution >= 0.6 is 0 Å². The third-order valence-electron chi connectivity index (χ3n) is 1.54.